The Morgan fingerprint density at radius 2 is 1.61 bits per heavy atom. The Morgan fingerprint density at radius 1 is 0.951 bits per heavy atom. The van der Waals surface area contributed by atoms with Crippen molar-refractivity contribution in [3.63, 3.8) is 0 Å². The van der Waals surface area contributed by atoms with Gasteiger partial charge in [-0.3, -0.25) is 0 Å². The molecule has 2 aromatic carbocycles. The molecule has 41 heavy (non-hydrogen) atoms. The first-order valence-electron chi connectivity index (χ1n) is 14.1. The van der Waals surface area contributed by atoms with E-state index in [4.69, 9.17) is 14.2 Å². The average Bonchev–Trinajstić information content (AvgIpc) is 3.67. The highest BCUT2D eigenvalue weighted by atomic mass is 16.7. The number of anilines is 2. The first-order valence-corrected chi connectivity index (χ1v) is 14.1. The molecule has 4 heterocycles. The zero-order valence-electron chi connectivity index (χ0n) is 23.4. The fraction of sp³-hybridized carbons (Fsp3) is 0.400. The summed E-state index contributed by atoms with van der Waals surface area (Å²) in [6.45, 7) is 8.57. The molecule has 1 unspecified atom stereocenters. The van der Waals surface area contributed by atoms with Crippen molar-refractivity contribution >= 4 is 11.4 Å². The van der Waals surface area contributed by atoms with E-state index < -0.39 is 6.29 Å². The third-order valence-corrected chi connectivity index (χ3v) is 7.70. The van der Waals surface area contributed by atoms with Crippen molar-refractivity contribution in [3.8, 4) is 11.4 Å². The summed E-state index contributed by atoms with van der Waals surface area (Å²) >= 11 is 0. The van der Waals surface area contributed by atoms with Crippen LogP contribution in [0.4, 0.5) is 11.4 Å². The maximum Gasteiger partial charge on any atom is 0.350 e. The van der Waals surface area contributed by atoms with E-state index in [0.29, 0.717) is 18.9 Å². The smallest absolute Gasteiger partial charge is 0.350 e. The van der Waals surface area contributed by atoms with Gasteiger partial charge >= 0.3 is 5.69 Å². The van der Waals surface area contributed by atoms with Gasteiger partial charge in [-0.2, -0.15) is 15.3 Å². The Morgan fingerprint density at radius 3 is 2.24 bits per heavy atom. The van der Waals surface area contributed by atoms with Crippen molar-refractivity contribution in [2.75, 3.05) is 49.2 Å². The van der Waals surface area contributed by atoms with Crippen molar-refractivity contribution in [2.24, 2.45) is 0 Å². The predicted octanol–water partition coefficient (Wildman–Crippen LogP) is 3.61. The van der Waals surface area contributed by atoms with E-state index in [9.17, 15) is 4.79 Å². The van der Waals surface area contributed by atoms with Gasteiger partial charge in [-0.05, 0) is 74.0 Å². The molecule has 2 saturated heterocycles. The highest BCUT2D eigenvalue weighted by molar-refractivity contribution is 5.54. The molecule has 0 aliphatic carbocycles. The standard InChI is InChI=1S/C30H35N7O4/c1-3-22(2)37-30(38)36(21-32-37)25-8-6-23(7-9-25)34-15-17-35(18-16-34)24-10-12-26(13-11-24)39-19-27-20-40-29(41-27)28-5-4-14-31-33-28/h4-14,21-22,27,29H,3,15-20H2,1-2H3/t22?,27-,29-/m1/s1. The fourth-order valence-corrected chi connectivity index (χ4v) is 5.09. The number of aromatic nitrogens is 5. The van der Waals surface area contributed by atoms with Crippen LogP contribution in [-0.2, 0) is 9.47 Å². The summed E-state index contributed by atoms with van der Waals surface area (Å²) < 4.78 is 20.7. The van der Waals surface area contributed by atoms with Crippen LogP contribution < -0.4 is 20.2 Å². The number of hydrogen-bond donors (Lipinski definition) is 0. The number of benzene rings is 2. The Bertz CT molecular complexity index is 1470. The highest BCUT2D eigenvalue weighted by Crippen LogP contribution is 2.27. The molecular formula is C30H35N7O4. The second-order valence-electron chi connectivity index (χ2n) is 10.4. The number of ether oxygens (including phenoxy) is 3. The van der Waals surface area contributed by atoms with Crippen molar-refractivity contribution in [2.45, 2.75) is 38.7 Å². The van der Waals surface area contributed by atoms with Gasteiger partial charge in [-0.25, -0.2) is 14.0 Å². The van der Waals surface area contributed by atoms with Gasteiger partial charge in [-0.1, -0.05) is 6.92 Å². The summed E-state index contributed by atoms with van der Waals surface area (Å²) in [5, 5.41) is 12.2. The molecule has 0 N–H and O–H groups in total. The minimum atomic E-state index is -0.500. The molecule has 0 saturated carbocycles. The second-order valence-corrected chi connectivity index (χ2v) is 10.4. The quantitative estimate of drug-likeness (QED) is 0.306. The fourth-order valence-electron chi connectivity index (χ4n) is 5.09. The van der Waals surface area contributed by atoms with Crippen molar-refractivity contribution < 1.29 is 14.2 Å². The summed E-state index contributed by atoms with van der Waals surface area (Å²) in [6.07, 6.45) is 3.43. The van der Waals surface area contributed by atoms with Gasteiger partial charge < -0.3 is 24.0 Å². The van der Waals surface area contributed by atoms with Crippen LogP contribution in [0, 0.1) is 0 Å². The normalized spacial score (nSPS) is 19.9. The van der Waals surface area contributed by atoms with E-state index >= 15 is 0 Å². The van der Waals surface area contributed by atoms with Crippen LogP contribution in [0.15, 0.2) is 78.0 Å². The largest absolute Gasteiger partial charge is 0.491 e. The van der Waals surface area contributed by atoms with E-state index in [1.807, 2.05) is 43.3 Å². The molecule has 11 heteroatoms. The molecule has 0 amide bonds. The molecule has 0 bridgehead atoms. The van der Waals surface area contributed by atoms with Crippen molar-refractivity contribution in [3.05, 3.63) is 89.4 Å². The zero-order valence-corrected chi connectivity index (χ0v) is 23.4. The highest BCUT2D eigenvalue weighted by Gasteiger charge is 2.29. The van der Waals surface area contributed by atoms with Gasteiger partial charge in [0, 0.05) is 43.8 Å². The van der Waals surface area contributed by atoms with Crippen molar-refractivity contribution in [1.82, 2.24) is 24.5 Å². The van der Waals surface area contributed by atoms with Crippen LogP contribution in [0.1, 0.15) is 38.3 Å². The van der Waals surface area contributed by atoms with E-state index in [1.165, 1.54) is 5.69 Å². The predicted molar refractivity (Wildman–Crippen MR) is 155 cm³/mol. The minimum Gasteiger partial charge on any atom is -0.491 e. The molecule has 2 aromatic heterocycles. The van der Waals surface area contributed by atoms with Crippen molar-refractivity contribution in [1.29, 1.82) is 0 Å². The summed E-state index contributed by atoms with van der Waals surface area (Å²) in [4.78, 5) is 17.5. The molecule has 0 radical (unpaired) electrons. The first kappa shape index (κ1) is 27.0. The Labute approximate surface area is 238 Å². The Hall–Kier alpha value is -4.22. The van der Waals surface area contributed by atoms with Gasteiger partial charge in [0.2, 0.25) is 6.29 Å². The van der Waals surface area contributed by atoms with E-state index in [0.717, 1.165) is 49.7 Å². The Kier molecular flexibility index (Phi) is 7.97. The van der Waals surface area contributed by atoms with Crippen LogP contribution >= 0.6 is 0 Å². The van der Waals surface area contributed by atoms with Gasteiger partial charge in [-0.15, -0.1) is 0 Å². The lowest BCUT2D eigenvalue weighted by Gasteiger charge is -2.37. The summed E-state index contributed by atoms with van der Waals surface area (Å²) in [7, 11) is 0. The molecular weight excluding hydrogens is 522 g/mol. The third-order valence-electron chi connectivity index (χ3n) is 7.70. The lowest BCUT2D eigenvalue weighted by Crippen LogP contribution is -2.46. The molecule has 3 atom stereocenters. The molecule has 11 nitrogen and oxygen atoms in total. The molecule has 2 aliphatic rings. The second kappa shape index (κ2) is 12.1. The van der Waals surface area contributed by atoms with Gasteiger partial charge in [0.15, 0.2) is 0 Å². The number of nitrogens with zero attached hydrogens (tertiary/aromatic N) is 7. The summed E-state index contributed by atoms with van der Waals surface area (Å²) in [5.41, 5.74) is 3.71. The van der Waals surface area contributed by atoms with E-state index in [2.05, 4.69) is 56.3 Å². The van der Waals surface area contributed by atoms with Gasteiger partial charge in [0.1, 0.15) is 30.5 Å². The number of hydrogen-bond acceptors (Lipinski definition) is 9. The topological polar surface area (TPSA) is 99.8 Å². The molecule has 4 aromatic rings. The number of rotatable bonds is 9. The molecule has 214 valence electrons. The summed E-state index contributed by atoms with van der Waals surface area (Å²) in [5.74, 6) is 0.799. The van der Waals surface area contributed by atoms with Gasteiger partial charge in [0.25, 0.3) is 0 Å². The monoisotopic (exact) mass is 557 g/mol. The SMILES string of the molecule is CCC(C)n1ncn(-c2ccc(N3CCN(c4ccc(OC[C@@H]5CO[C@@H](c6cccnn6)O5)cc4)CC3)cc2)c1=O. The molecule has 0 spiro atoms. The van der Waals surface area contributed by atoms with Gasteiger partial charge in [0.05, 0.1) is 18.3 Å². The van der Waals surface area contributed by atoms with Crippen LogP contribution in [0.25, 0.3) is 5.69 Å². The maximum absolute atomic E-state index is 12.7. The van der Waals surface area contributed by atoms with Crippen LogP contribution in [0.2, 0.25) is 0 Å². The lowest BCUT2D eigenvalue weighted by molar-refractivity contribution is -0.0692. The lowest BCUT2D eigenvalue weighted by atomic mass is 10.2. The maximum atomic E-state index is 12.7. The van der Waals surface area contributed by atoms with Crippen LogP contribution in [-0.4, -0.2) is 70.0 Å². The summed E-state index contributed by atoms with van der Waals surface area (Å²) in [6, 6.07) is 20.1. The van der Waals surface area contributed by atoms with Crippen LogP contribution in [0.3, 0.4) is 0 Å². The zero-order chi connectivity index (χ0) is 28.2. The minimum absolute atomic E-state index is 0.0778. The van der Waals surface area contributed by atoms with E-state index in [1.54, 1.807) is 21.8 Å². The molecule has 2 aliphatic heterocycles. The number of piperazine rings is 1. The molecule has 2 fully saturated rings. The molecule has 6 rings (SSSR count). The van der Waals surface area contributed by atoms with E-state index in [-0.39, 0.29) is 17.8 Å². The average molecular weight is 558 g/mol. The Balaban J connectivity index is 0.984. The third kappa shape index (κ3) is 5.96. The van der Waals surface area contributed by atoms with Crippen LogP contribution in [0.5, 0.6) is 5.75 Å². The first-order chi connectivity index (χ1) is 20.1.